The van der Waals surface area contributed by atoms with Gasteiger partial charge in [0, 0.05) is 50.1 Å². The zero-order valence-corrected chi connectivity index (χ0v) is 31.3. The molecule has 0 aliphatic carbocycles. The highest BCUT2D eigenvalue weighted by Gasteiger charge is 2.21. The predicted molar refractivity (Wildman–Crippen MR) is 239 cm³/mol. The Morgan fingerprint density at radius 2 is 0.879 bits per heavy atom. The maximum absolute atomic E-state index is 6.82. The van der Waals surface area contributed by atoms with Crippen molar-refractivity contribution < 1.29 is 4.42 Å². The van der Waals surface area contributed by atoms with E-state index in [-0.39, 0.29) is 0 Å². The molecule has 0 radical (unpaired) electrons. The lowest BCUT2D eigenvalue weighted by atomic mass is 9.96. The SMILES string of the molecule is c1ccc(-c2nc(-c3ccccc3)nc(-c3cc(-c4ccc(N(c5ccccc5)c5ccc6ccccc6c5)cc4)c4oc5ccc6ccccc6c5c4c3)n2)cc1. The molecule has 0 aliphatic rings. The first-order valence-corrected chi connectivity index (χ1v) is 19.4. The van der Waals surface area contributed by atoms with Crippen LogP contribution in [0.5, 0.6) is 0 Å². The number of aromatic nitrogens is 3. The lowest BCUT2D eigenvalue weighted by molar-refractivity contribution is 0.670. The molecule has 0 fully saturated rings. The fraction of sp³-hybridized carbons (Fsp3) is 0. The second-order valence-corrected chi connectivity index (χ2v) is 14.4. The van der Waals surface area contributed by atoms with Crippen LogP contribution < -0.4 is 4.90 Å². The summed E-state index contributed by atoms with van der Waals surface area (Å²) < 4.78 is 6.82. The first-order chi connectivity index (χ1) is 28.7. The number of fused-ring (bicyclic) bond motifs is 6. The smallest absolute Gasteiger partial charge is 0.164 e. The second kappa shape index (κ2) is 14.0. The van der Waals surface area contributed by atoms with Gasteiger partial charge in [0.05, 0.1) is 0 Å². The van der Waals surface area contributed by atoms with Gasteiger partial charge in [0.1, 0.15) is 11.2 Å². The van der Waals surface area contributed by atoms with Gasteiger partial charge in [-0.05, 0) is 81.7 Å². The molecule has 0 amide bonds. The molecular formula is C53H34N4O. The van der Waals surface area contributed by atoms with E-state index in [1.165, 1.54) is 10.8 Å². The van der Waals surface area contributed by atoms with Gasteiger partial charge >= 0.3 is 0 Å². The molecule has 0 saturated heterocycles. The van der Waals surface area contributed by atoms with E-state index in [1.54, 1.807) is 0 Å². The van der Waals surface area contributed by atoms with Crippen LogP contribution in [-0.4, -0.2) is 15.0 Å². The molecule has 9 aromatic carbocycles. The maximum Gasteiger partial charge on any atom is 0.164 e. The lowest BCUT2D eigenvalue weighted by Crippen LogP contribution is -2.09. The average Bonchev–Trinajstić information content (AvgIpc) is 3.69. The summed E-state index contributed by atoms with van der Waals surface area (Å²) in [4.78, 5) is 17.5. The second-order valence-electron chi connectivity index (χ2n) is 14.4. The summed E-state index contributed by atoms with van der Waals surface area (Å²) in [5.74, 6) is 1.83. The quantitative estimate of drug-likeness (QED) is 0.163. The molecule has 0 atom stereocenters. The number of rotatable bonds is 7. The molecule has 11 aromatic rings. The third-order valence-electron chi connectivity index (χ3n) is 10.9. The molecule has 5 nitrogen and oxygen atoms in total. The average molecular weight is 743 g/mol. The first kappa shape index (κ1) is 33.4. The van der Waals surface area contributed by atoms with E-state index in [4.69, 9.17) is 19.4 Å². The minimum atomic E-state index is 0.591. The molecule has 0 spiro atoms. The van der Waals surface area contributed by atoms with Gasteiger partial charge in [-0.2, -0.15) is 0 Å². The van der Waals surface area contributed by atoms with E-state index >= 15 is 0 Å². The van der Waals surface area contributed by atoms with Gasteiger partial charge in [0.2, 0.25) is 0 Å². The monoisotopic (exact) mass is 742 g/mol. The lowest BCUT2D eigenvalue weighted by Gasteiger charge is -2.26. The molecule has 2 heterocycles. The first-order valence-electron chi connectivity index (χ1n) is 19.4. The number of furan rings is 1. The van der Waals surface area contributed by atoms with Crippen LogP contribution in [0.1, 0.15) is 0 Å². The van der Waals surface area contributed by atoms with Crippen molar-refractivity contribution in [3.8, 4) is 45.3 Å². The standard InChI is InChI=1S/C53H34N4O/c1-4-16-38(17-5-1)51-54-52(39-18-6-2-7-19-39)56-53(55-51)41-33-46(50-47(34-41)49-45-23-13-12-15-36(45)27-31-48(49)58-50)37-25-28-43(29-26-37)57(42-21-8-3-9-22-42)44-30-24-35-14-10-11-20-40(35)32-44/h1-34H. The van der Waals surface area contributed by atoms with E-state index in [9.17, 15) is 0 Å². The normalized spacial score (nSPS) is 11.4. The Bertz CT molecular complexity index is 3210. The Morgan fingerprint density at radius 1 is 0.345 bits per heavy atom. The summed E-state index contributed by atoms with van der Waals surface area (Å²) in [6, 6.07) is 71.6. The van der Waals surface area contributed by atoms with Crippen molar-refractivity contribution in [2.75, 3.05) is 4.90 Å². The summed E-state index contributed by atoms with van der Waals surface area (Å²) in [6.07, 6.45) is 0. The van der Waals surface area contributed by atoms with Gasteiger partial charge in [-0.25, -0.2) is 15.0 Å². The molecule has 0 N–H and O–H groups in total. The van der Waals surface area contributed by atoms with Crippen LogP contribution >= 0.6 is 0 Å². The molecular weight excluding hydrogens is 709 g/mol. The molecule has 11 rings (SSSR count). The highest BCUT2D eigenvalue weighted by molar-refractivity contribution is 6.21. The molecule has 0 unspecified atom stereocenters. The third kappa shape index (κ3) is 5.94. The van der Waals surface area contributed by atoms with Gasteiger partial charge in [0.15, 0.2) is 17.5 Å². The van der Waals surface area contributed by atoms with E-state index < -0.39 is 0 Å². The predicted octanol–water partition coefficient (Wildman–Crippen LogP) is 14.2. The van der Waals surface area contributed by atoms with E-state index in [0.717, 1.165) is 77.6 Å². The number of anilines is 3. The Labute approximate surface area is 335 Å². The van der Waals surface area contributed by atoms with Crippen LogP contribution in [0.15, 0.2) is 211 Å². The van der Waals surface area contributed by atoms with Crippen molar-refractivity contribution in [3.63, 3.8) is 0 Å². The van der Waals surface area contributed by atoms with Crippen molar-refractivity contribution in [2.45, 2.75) is 0 Å². The van der Waals surface area contributed by atoms with Gasteiger partial charge < -0.3 is 9.32 Å². The van der Waals surface area contributed by atoms with Crippen LogP contribution in [0.3, 0.4) is 0 Å². The summed E-state index contributed by atoms with van der Waals surface area (Å²) in [7, 11) is 0. The summed E-state index contributed by atoms with van der Waals surface area (Å²) in [5.41, 5.74) is 9.57. The number of hydrogen-bond donors (Lipinski definition) is 0. The maximum atomic E-state index is 6.82. The minimum Gasteiger partial charge on any atom is -0.455 e. The van der Waals surface area contributed by atoms with Crippen molar-refractivity contribution in [3.05, 3.63) is 206 Å². The molecule has 58 heavy (non-hydrogen) atoms. The van der Waals surface area contributed by atoms with E-state index in [0.29, 0.717) is 17.5 Å². The minimum absolute atomic E-state index is 0.591. The van der Waals surface area contributed by atoms with Gasteiger partial charge in [-0.1, -0.05) is 152 Å². The Hall–Kier alpha value is -7.89. The molecule has 0 bridgehead atoms. The molecule has 2 aromatic heterocycles. The van der Waals surface area contributed by atoms with Crippen molar-refractivity contribution in [2.24, 2.45) is 0 Å². The van der Waals surface area contributed by atoms with Crippen molar-refractivity contribution in [1.29, 1.82) is 0 Å². The number of hydrogen-bond acceptors (Lipinski definition) is 5. The summed E-state index contributed by atoms with van der Waals surface area (Å²) in [5, 5.41) is 6.77. The van der Waals surface area contributed by atoms with Crippen LogP contribution in [0.2, 0.25) is 0 Å². The highest BCUT2D eigenvalue weighted by atomic mass is 16.3. The number of para-hydroxylation sites is 1. The summed E-state index contributed by atoms with van der Waals surface area (Å²) in [6.45, 7) is 0. The molecule has 0 saturated carbocycles. The molecule has 272 valence electrons. The molecule has 0 aliphatic heterocycles. The van der Waals surface area contributed by atoms with Crippen molar-refractivity contribution >= 4 is 60.5 Å². The number of nitrogens with zero attached hydrogens (tertiary/aromatic N) is 4. The third-order valence-corrected chi connectivity index (χ3v) is 10.9. The molecule has 5 heteroatoms. The van der Waals surface area contributed by atoms with Gasteiger partial charge in [-0.15, -0.1) is 0 Å². The fourth-order valence-electron chi connectivity index (χ4n) is 8.06. The van der Waals surface area contributed by atoms with Crippen LogP contribution in [0.4, 0.5) is 17.1 Å². The Kier molecular flexibility index (Phi) is 8.07. The zero-order valence-electron chi connectivity index (χ0n) is 31.3. The zero-order chi connectivity index (χ0) is 38.4. The Balaban J connectivity index is 1.12. The highest BCUT2D eigenvalue weighted by Crippen LogP contribution is 2.43. The Morgan fingerprint density at radius 3 is 1.57 bits per heavy atom. The topological polar surface area (TPSA) is 55.1 Å². The van der Waals surface area contributed by atoms with Crippen LogP contribution in [-0.2, 0) is 0 Å². The van der Waals surface area contributed by atoms with Gasteiger partial charge in [-0.3, -0.25) is 0 Å². The fourth-order valence-corrected chi connectivity index (χ4v) is 8.06. The number of benzene rings is 9. The van der Waals surface area contributed by atoms with Crippen molar-refractivity contribution in [1.82, 2.24) is 15.0 Å². The summed E-state index contributed by atoms with van der Waals surface area (Å²) >= 11 is 0. The van der Waals surface area contributed by atoms with Crippen LogP contribution in [0.25, 0.3) is 88.8 Å². The van der Waals surface area contributed by atoms with Gasteiger partial charge in [0.25, 0.3) is 0 Å². The largest absolute Gasteiger partial charge is 0.455 e. The van der Waals surface area contributed by atoms with E-state index in [2.05, 4.69) is 150 Å². The van der Waals surface area contributed by atoms with Crippen LogP contribution in [0, 0.1) is 0 Å². The van der Waals surface area contributed by atoms with E-state index in [1.807, 2.05) is 60.7 Å².